The van der Waals surface area contributed by atoms with E-state index in [9.17, 15) is 14.4 Å². The normalized spacial score (nSPS) is 29.7. The van der Waals surface area contributed by atoms with E-state index in [-0.39, 0.29) is 24.0 Å². The molecule has 2 unspecified atom stereocenters. The van der Waals surface area contributed by atoms with Gasteiger partial charge in [0.25, 0.3) is 0 Å². The second-order valence-electron chi connectivity index (χ2n) is 6.60. The zero-order valence-corrected chi connectivity index (χ0v) is 13.3. The Labute approximate surface area is 139 Å². The molecule has 0 bridgehead atoms. The molecular formula is C18H19NO5. The van der Waals surface area contributed by atoms with E-state index in [0.29, 0.717) is 38.2 Å². The van der Waals surface area contributed by atoms with Crippen LogP contribution in [0.15, 0.2) is 30.3 Å². The third-order valence-corrected chi connectivity index (χ3v) is 5.19. The number of anilines is 1. The molecule has 3 aliphatic rings. The van der Waals surface area contributed by atoms with Gasteiger partial charge in [0.15, 0.2) is 5.79 Å². The van der Waals surface area contributed by atoms with E-state index in [1.807, 2.05) is 6.07 Å². The lowest BCUT2D eigenvalue weighted by molar-refractivity contribution is -0.192. The lowest BCUT2D eigenvalue weighted by Crippen LogP contribution is -2.44. The number of hydrogen-bond donors (Lipinski definition) is 0. The van der Waals surface area contributed by atoms with Gasteiger partial charge in [-0.3, -0.25) is 19.3 Å². The number of carbonyl (C=O) groups excluding carboxylic acids is 3. The zero-order chi connectivity index (χ0) is 16.7. The number of para-hydroxylation sites is 1. The number of benzene rings is 1. The molecule has 2 amide bonds. The first-order valence-electron chi connectivity index (χ1n) is 8.32. The average molecular weight is 329 g/mol. The molecule has 1 aromatic rings. The Bertz CT molecular complexity index is 680. The summed E-state index contributed by atoms with van der Waals surface area (Å²) < 4.78 is 11.4. The van der Waals surface area contributed by atoms with Crippen molar-refractivity contribution in [2.75, 3.05) is 18.1 Å². The minimum Gasteiger partial charge on any atom is -0.347 e. The van der Waals surface area contributed by atoms with Crippen molar-refractivity contribution in [2.24, 2.45) is 11.8 Å². The predicted molar refractivity (Wildman–Crippen MR) is 84.0 cm³/mol. The van der Waals surface area contributed by atoms with Crippen molar-refractivity contribution >= 4 is 23.3 Å². The Balaban J connectivity index is 1.59. The topological polar surface area (TPSA) is 72.9 Å². The van der Waals surface area contributed by atoms with Gasteiger partial charge >= 0.3 is 0 Å². The molecule has 0 aromatic heterocycles. The van der Waals surface area contributed by atoms with E-state index in [1.54, 1.807) is 24.3 Å². The molecule has 1 aliphatic carbocycles. The number of carbonyl (C=O) groups is 3. The highest BCUT2D eigenvalue weighted by molar-refractivity contribution is 6.21. The summed E-state index contributed by atoms with van der Waals surface area (Å²) in [5, 5.41) is 0. The first-order valence-corrected chi connectivity index (χ1v) is 8.32. The minimum absolute atomic E-state index is 0.0285. The van der Waals surface area contributed by atoms with Gasteiger partial charge in [-0.2, -0.15) is 0 Å². The molecule has 0 radical (unpaired) electrons. The Kier molecular flexibility index (Phi) is 3.73. The number of nitrogens with zero attached hydrogens (tertiary/aromatic N) is 1. The fourth-order valence-corrected chi connectivity index (χ4v) is 3.99. The van der Waals surface area contributed by atoms with Gasteiger partial charge < -0.3 is 9.47 Å². The highest BCUT2D eigenvalue weighted by Crippen LogP contribution is 2.43. The lowest BCUT2D eigenvalue weighted by atomic mass is 9.75. The highest BCUT2D eigenvalue weighted by atomic mass is 16.7. The van der Waals surface area contributed by atoms with Crippen molar-refractivity contribution in [3.63, 3.8) is 0 Å². The molecule has 1 saturated carbocycles. The highest BCUT2D eigenvalue weighted by Gasteiger charge is 2.52. The third-order valence-electron chi connectivity index (χ3n) is 5.19. The molecule has 1 spiro atoms. The fourth-order valence-electron chi connectivity index (χ4n) is 3.99. The van der Waals surface area contributed by atoms with Crippen LogP contribution in [0.2, 0.25) is 0 Å². The van der Waals surface area contributed by atoms with Crippen molar-refractivity contribution < 1.29 is 23.9 Å². The van der Waals surface area contributed by atoms with Crippen LogP contribution in [-0.4, -0.2) is 36.6 Å². The van der Waals surface area contributed by atoms with Crippen LogP contribution in [0.5, 0.6) is 0 Å². The third kappa shape index (κ3) is 2.46. The molecule has 2 aliphatic heterocycles. The Morgan fingerprint density at radius 2 is 1.71 bits per heavy atom. The maximum absolute atomic E-state index is 12.8. The SMILES string of the molecule is O=C1CCC2(CC1C1CC(=O)N(c3ccccc3)C1=O)OCCO2. The summed E-state index contributed by atoms with van der Waals surface area (Å²) in [5.74, 6) is -2.39. The van der Waals surface area contributed by atoms with E-state index in [4.69, 9.17) is 9.47 Å². The molecule has 2 saturated heterocycles. The minimum atomic E-state index is -0.748. The molecule has 2 heterocycles. The molecule has 6 heteroatoms. The van der Waals surface area contributed by atoms with Crippen LogP contribution in [-0.2, 0) is 23.9 Å². The molecule has 3 fully saturated rings. The van der Waals surface area contributed by atoms with Crippen molar-refractivity contribution in [1.82, 2.24) is 0 Å². The molecule has 4 rings (SSSR count). The number of hydrogen-bond acceptors (Lipinski definition) is 5. The standard InChI is InChI=1S/C18H19NO5/c20-15-6-7-18(23-8-9-24-18)11-14(15)13-10-16(21)19(17(13)22)12-4-2-1-3-5-12/h1-5,13-14H,6-11H2. The van der Waals surface area contributed by atoms with Gasteiger partial charge in [-0.1, -0.05) is 18.2 Å². The van der Waals surface area contributed by atoms with Gasteiger partial charge in [-0.15, -0.1) is 0 Å². The van der Waals surface area contributed by atoms with Crippen molar-refractivity contribution in [1.29, 1.82) is 0 Å². The molecule has 0 N–H and O–H groups in total. The van der Waals surface area contributed by atoms with Crippen LogP contribution in [0.4, 0.5) is 5.69 Å². The fraction of sp³-hybridized carbons (Fsp3) is 0.500. The molecular weight excluding hydrogens is 310 g/mol. The lowest BCUT2D eigenvalue weighted by Gasteiger charge is -2.36. The van der Waals surface area contributed by atoms with E-state index in [1.165, 1.54) is 4.90 Å². The first-order chi connectivity index (χ1) is 11.6. The van der Waals surface area contributed by atoms with E-state index >= 15 is 0 Å². The number of rotatable bonds is 2. The van der Waals surface area contributed by atoms with Gasteiger partial charge in [0.05, 0.1) is 24.8 Å². The van der Waals surface area contributed by atoms with Crippen molar-refractivity contribution in [3.8, 4) is 0 Å². The van der Waals surface area contributed by atoms with Gasteiger partial charge in [0.1, 0.15) is 5.78 Å². The number of Topliss-reactive ketones (excluding diaryl/α,β-unsaturated/α-hetero) is 1. The largest absolute Gasteiger partial charge is 0.347 e. The summed E-state index contributed by atoms with van der Waals surface area (Å²) in [6.07, 6.45) is 1.28. The molecule has 6 nitrogen and oxygen atoms in total. The Morgan fingerprint density at radius 1 is 1.00 bits per heavy atom. The van der Waals surface area contributed by atoms with Gasteiger partial charge in [-0.05, 0) is 12.1 Å². The summed E-state index contributed by atoms with van der Waals surface area (Å²) >= 11 is 0. The second-order valence-corrected chi connectivity index (χ2v) is 6.60. The van der Waals surface area contributed by atoms with Crippen molar-refractivity contribution in [2.45, 2.75) is 31.5 Å². The van der Waals surface area contributed by atoms with Gasteiger partial charge in [0, 0.05) is 31.6 Å². The summed E-state index contributed by atoms with van der Waals surface area (Å²) in [4.78, 5) is 38.9. The Morgan fingerprint density at radius 3 is 2.42 bits per heavy atom. The van der Waals surface area contributed by atoms with Gasteiger partial charge in [-0.25, -0.2) is 0 Å². The van der Waals surface area contributed by atoms with Crippen LogP contribution in [0.25, 0.3) is 0 Å². The van der Waals surface area contributed by atoms with Crippen LogP contribution in [0.1, 0.15) is 25.7 Å². The predicted octanol–water partition coefficient (Wildman–Crippen LogP) is 1.68. The van der Waals surface area contributed by atoms with Crippen LogP contribution < -0.4 is 4.90 Å². The molecule has 1 aromatic carbocycles. The molecule has 2 atom stereocenters. The summed E-state index contributed by atoms with van der Waals surface area (Å²) in [5.41, 5.74) is 0.557. The van der Waals surface area contributed by atoms with Gasteiger partial charge in [0.2, 0.25) is 11.8 Å². The van der Waals surface area contributed by atoms with E-state index in [2.05, 4.69) is 0 Å². The van der Waals surface area contributed by atoms with E-state index < -0.39 is 17.6 Å². The number of ketones is 1. The zero-order valence-electron chi connectivity index (χ0n) is 13.3. The summed E-state index contributed by atoms with van der Waals surface area (Å²) in [7, 11) is 0. The summed E-state index contributed by atoms with van der Waals surface area (Å²) in [6.45, 7) is 1.02. The smallest absolute Gasteiger partial charge is 0.238 e. The monoisotopic (exact) mass is 329 g/mol. The quantitative estimate of drug-likeness (QED) is 0.772. The Hall–Kier alpha value is -2.05. The maximum Gasteiger partial charge on any atom is 0.238 e. The van der Waals surface area contributed by atoms with Crippen molar-refractivity contribution in [3.05, 3.63) is 30.3 Å². The number of amides is 2. The van der Waals surface area contributed by atoms with Crippen LogP contribution in [0.3, 0.4) is 0 Å². The first kappa shape index (κ1) is 15.5. The summed E-state index contributed by atoms with van der Waals surface area (Å²) in [6, 6.07) is 8.85. The average Bonchev–Trinajstić information content (AvgIpc) is 3.16. The van der Waals surface area contributed by atoms with Crippen LogP contribution >= 0.6 is 0 Å². The van der Waals surface area contributed by atoms with E-state index in [0.717, 1.165) is 0 Å². The number of imide groups is 1. The maximum atomic E-state index is 12.8. The second kappa shape index (κ2) is 5.79. The molecule has 24 heavy (non-hydrogen) atoms. The molecule has 126 valence electrons. The van der Waals surface area contributed by atoms with Crippen LogP contribution in [0, 0.1) is 11.8 Å². The number of ether oxygens (including phenoxy) is 2.